The van der Waals surface area contributed by atoms with E-state index in [4.69, 9.17) is 28.4 Å². The molecule has 0 radical (unpaired) electrons. The minimum Gasteiger partial charge on any atom is -0.493 e. The summed E-state index contributed by atoms with van der Waals surface area (Å²) in [6, 6.07) is 7.64. The lowest BCUT2D eigenvalue weighted by Crippen LogP contribution is -2.01. The zero-order valence-corrected chi connectivity index (χ0v) is 17.0. The minimum atomic E-state index is 0.125. The highest BCUT2D eigenvalue weighted by Gasteiger charge is 2.20. The third-order valence-corrected chi connectivity index (χ3v) is 4.63. The standard InChI is InChI=1S/C21H25NO6/c1-12-18-14(7-8-15(24-3)21(18)28-11-23-2)22-19(12)13-9-16(25-4)20(27-6)17(10-13)26-5/h7-10,22H,11H2,1-6H3. The molecule has 1 aromatic heterocycles. The van der Waals surface area contributed by atoms with Crippen molar-refractivity contribution in [2.75, 3.05) is 42.3 Å². The fourth-order valence-electron chi connectivity index (χ4n) is 3.33. The van der Waals surface area contributed by atoms with Crippen LogP contribution in [0.1, 0.15) is 5.56 Å². The number of hydrogen-bond donors (Lipinski definition) is 1. The number of rotatable bonds is 8. The summed E-state index contributed by atoms with van der Waals surface area (Å²) >= 11 is 0. The van der Waals surface area contributed by atoms with E-state index >= 15 is 0 Å². The van der Waals surface area contributed by atoms with E-state index in [-0.39, 0.29) is 6.79 Å². The minimum absolute atomic E-state index is 0.125. The van der Waals surface area contributed by atoms with E-state index in [2.05, 4.69) is 4.98 Å². The van der Waals surface area contributed by atoms with Gasteiger partial charge in [-0.15, -0.1) is 0 Å². The third-order valence-electron chi connectivity index (χ3n) is 4.63. The molecule has 28 heavy (non-hydrogen) atoms. The Labute approximate surface area is 164 Å². The predicted molar refractivity (Wildman–Crippen MR) is 107 cm³/mol. The Kier molecular flexibility index (Phi) is 5.84. The van der Waals surface area contributed by atoms with Crippen molar-refractivity contribution < 1.29 is 28.4 Å². The molecule has 1 heterocycles. The first-order valence-corrected chi connectivity index (χ1v) is 8.70. The van der Waals surface area contributed by atoms with E-state index in [1.807, 2.05) is 31.2 Å². The molecule has 0 aliphatic rings. The van der Waals surface area contributed by atoms with Gasteiger partial charge in [-0.25, -0.2) is 0 Å². The highest BCUT2D eigenvalue weighted by Crippen LogP contribution is 2.45. The molecule has 0 spiro atoms. The van der Waals surface area contributed by atoms with Crippen LogP contribution < -0.4 is 23.7 Å². The SMILES string of the molecule is COCOc1c(OC)ccc2[nH]c(-c3cc(OC)c(OC)c(OC)c3)c(C)c12. The van der Waals surface area contributed by atoms with Crippen LogP contribution in [0.5, 0.6) is 28.7 Å². The zero-order valence-electron chi connectivity index (χ0n) is 17.0. The number of hydrogen-bond acceptors (Lipinski definition) is 6. The van der Waals surface area contributed by atoms with Crippen molar-refractivity contribution in [1.82, 2.24) is 4.98 Å². The van der Waals surface area contributed by atoms with Gasteiger partial charge in [-0.1, -0.05) is 0 Å². The number of ether oxygens (including phenoxy) is 6. The summed E-state index contributed by atoms with van der Waals surface area (Å²) in [5, 5.41) is 0.931. The summed E-state index contributed by atoms with van der Waals surface area (Å²) in [6.07, 6.45) is 0. The van der Waals surface area contributed by atoms with Gasteiger partial charge in [0.2, 0.25) is 5.75 Å². The lowest BCUT2D eigenvalue weighted by Gasteiger charge is -2.14. The van der Waals surface area contributed by atoms with Gasteiger partial charge in [-0.05, 0) is 36.8 Å². The molecule has 3 aromatic rings. The van der Waals surface area contributed by atoms with Gasteiger partial charge in [0, 0.05) is 23.8 Å². The molecule has 0 aliphatic carbocycles. The molecule has 2 aromatic carbocycles. The van der Waals surface area contributed by atoms with Crippen LogP contribution in [0.25, 0.3) is 22.2 Å². The van der Waals surface area contributed by atoms with Crippen LogP contribution in [-0.2, 0) is 4.74 Å². The maximum atomic E-state index is 5.81. The Bertz CT molecular complexity index is 954. The van der Waals surface area contributed by atoms with E-state index in [1.54, 1.807) is 35.5 Å². The Morgan fingerprint density at radius 1 is 0.786 bits per heavy atom. The largest absolute Gasteiger partial charge is 0.493 e. The molecule has 7 nitrogen and oxygen atoms in total. The fourth-order valence-corrected chi connectivity index (χ4v) is 3.33. The van der Waals surface area contributed by atoms with Crippen LogP contribution in [0.4, 0.5) is 0 Å². The summed E-state index contributed by atoms with van der Waals surface area (Å²) in [7, 11) is 7.97. The van der Waals surface area contributed by atoms with Gasteiger partial charge >= 0.3 is 0 Å². The number of aryl methyl sites for hydroxylation is 1. The number of aromatic amines is 1. The van der Waals surface area contributed by atoms with Crippen molar-refractivity contribution in [1.29, 1.82) is 0 Å². The van der Waals surface area contributed by atoms with E-state index in [1.165, 1.54) is 0 Å². The molecular weight excluding hydrogens is 362 g/mol. The molecule has 0 atom stereocenters. The van der Waals surface area contributed by atoms with Crippen molar-refractivity contribution >= 4 is 10.9 Å². The summed E-state index contributed by atoms with van der Waals surface area (Å²) in [4.78, 5) is 3.46. The average molecular weight is 387 g/mol. The molecule has 1 N–H and O–H groups in total. The second-order valence-corrected chi connectivity index (χ2v) is 6.11. The average Bonchev–Trinajstić information content (AvgIpc) is 3.07. The molecule has 0 aliphatic heterocycles. The zero-order chi connectivity index (χ0) is 20.3. The third kappa shape index (κ3) is 3.29. The summed E-state index contributed by atoms with van der Waals surface area (Å²) < 4.78 is 32.8. The van der Waals surface area contributed by atoms with Gasteiger partial charge in [0.05, 0.1) is 34.0 Å². The Morgan fingerprint density at radius 2 is 1.43 bits per heavy atom. The first-order chi connectivity index (χ1) is 13.6. The summed E-state index contributed by atoms with van der Waals surface area (Å²) in [6.45, 7) is 2.15. The van der Waals surface area contributed by atoms with Crippen LogP contribution in [0.3, 0.4) is 0 Å². The smallest absolute Gasteiger partial charge is 0.203 e. The van der Waals surface area contributed by atoms with Gasteiger partial charge in [0.1, 0.15) is 0 Å². The first kappa shape index (κ1) is 19.7. The van der Waals surface area contributed by atoms with E-state index in [0.29, 0.717) is 28.7 Å². The molecule has 0 fully saturated rings. The number of nitrogens with one attached hydrogen (secondary N) is 1. The molecule has 150 valence electrons. The van der Waals surface area contributed by atoms with E-state index in [0.717, 1.165) is 27.7 Å². The van der Waals surface area contributed by atoms with Crippen LogP contribution in [0.15, 0.2) is 24.3 Å². The number of H-pyrrole nitrogens is 1. The van der Waals surface area contributed by atoms with Crippen LogP contribution >= 0.6 is 0 Å². The fraction of sp³-hybridized carbons (Fsp3) is 0.333. The van der Waals surface area contributed by atoms with Crippen molar-refractivity contribution in [3.8, 4) is 40.0 Å². The van der Waals surface area contributed by atoms with Crippen molar-refractivity contribution in [3.63, 3.8) is 0 Å². The number of methoxy groups -OCH3 is 5. The molecule has 0 bridgehead atoms. The molecule has 0 unspecified atom stereocenters. The maximum absolute atomic E-state index is 5.81. The van der Waals surface area contributed by atoms with Gasteiger partial charge in [-0.2, -0.15) is 0 Å². The van der Waals surface area contributed by atoms with Gasteiger partial charge in [0.25, 0.3) is 0 Å². The van der Waals surface area contributed by atoms with Crippen molar-refractivity contribution in [2.45, 2.75) is 6.92 Å². The van der Waals surface area contributed by atoms with Gasteiger partial charge in [-0.3, -0.25) is 0 Å². The molecule has 0 saturated heterocycles. The monoisotopic (exact) mass is 387 g/mol. The molecular formula is C21H25NO6. The molecule has 7 heteroatoms. The first-order valence-electron chi connectivity index (χ1n) is 8.70. The Hall–Kier alpha value is -3.06. The maximum Gasteiger partial charge on any atom is 0.203 e. The topological polar surface area (TPSA) is 71.2 Å². The Morgan fingerprint density at radius 3 is 1.96 bits per heavy atom. The molecule has 0 amide bonds. The second kappa shape index (κ2) is 8.31. The number of fused-ring (bicyclic) bond motifs is 1. The highest BCUT2D eigenvalue weighted by molar-refractivity contribution is 5.97. The molecule has 3 rings (SSSR count). The number of benzene rings is 2. The predicted octanol–water partition coefficient (Wildman–Crippen LogP) is 4.16. The van der Waals surface area contributed by atoms with Gasteiger partial charge < -0.3 is 33.4 Å². The number of aromatic nitrogens is 1. The van der Waals surface area contributed by atoms with E-state index < -0.39 is 0 Å². The van der Waals surface area contributed by atoms with Crippen molar-refractivity contribution in [2.24, 2.45) is 0 Å². The summed E-state index contributed by atoms with van der Waals surface area (Å²) in [5.74, 6) is 3.00. The molecule has 0 saturated carbocycles. The van der Waals surface area contributed by atoms with E-state index in [9.17, 15) is 0 Å². The van der Waals surface area contributed by atoms with Crippen LogP contribution in [0, 0.1) is 6.92 Å². The second-order valence-electron chi connectivity index (χ2n) is 6.11. The van der Waals surface area contributed by atoms with Gasteiger partial charge in [0.15, 0.2) is 29.8 Å². The van der Waals surface area contributed by atoms with Crippen LogP contribution in [0.2, 0.25) is 0 Å². The Balaban J connectivity index is 2.23. The highest BCUT2D eigenvalue weighted by atomic mass is 16.7. The van der Waals surface area contributed by atoms with Crippen LogP contribution in [-0.4, -0.2) is 47.3 Å². The summed E-state index contributed by atoms with van der Waals surface area (Å²) in [5.41, 5.74) is 3.76. The lowest BCUT2D eigenvalue weighted by molar-refractivity contribution is 0.0503. The van der Waals surface area contributed by atoms with Crippen molar-refractivity contribution in [3.05, 3.63) is 29.8 Å². The quantitative estimate of drug-likeness (QED) is 0.585. The lowest BCUT2D eigenvalue weighted by atomic mass is 10.0. The normalized spacial score (nSPS) is 10.8.